The Bertz CT molecular complexity index is 70.6. The second-order valence-electron chi connectivity index (χ2n) is 1.12. The van der Waals surface area contributed by atoms with Gasteiger partial charge in [0, 0.05) is 7.05 Å². The molecule has 42 valence electrons. The number of nitrogens with one attached hydrogen (secondary N) is 1. The van der Waals surface area contributed by atoms with E-state index in [1.807, 2.05) is 0 Å². The summed E-state index contributed by atoms with van der Waals surface area (Å²) in [6, 6.07) is -0.0417. The van der Waals surface area contributed by atoms with Gasteiger partial charge in [0.05, 0.1) is 7.11 Å². The Kier molecular flexibility index (Phi) is 2.15. The maximum Gasteiger partial charge on any atom is 0.298 e. The SMILES string of the molecule is COC(=N)N(C)N. The molecule has 0 spiro atoms. The Balaban J connectivity index is 3.35. The predicted octanol–water partition coefficient (Wildman–Crippen LogP) is -0.627. The topological polar surface area (TPSA) is 62.3 Å². The highest BCUT2D eigenvalue weighted by molar-refractivity contribution is 5.68. The van der Waals surface area contributed by atoms with Gasteiger partial charge in [0.1, 0.15) is 0 Å². The minimum absolute atomic E-state index is 0.0417. The van der Waals surface area contributed by atoms with Crippen LogP contribution in [-0.4, -0.2) is 25.2 Å². The molecule has 0 rings (SSSR count). The molecule has 3 N–H and O–H groups in total. The molecule has 0 saturated carbocycles. The van der Waals surface area contributed by atoms with Crippen LogP contribution in [0, 0.1) is 5.41 Å². The highest BCUT2D eigenvalue weighted by atomic mass is 16.5. The molecule has 0 aliphatic heterocycles. The molecule has 0 aliphatic carbocycles. The number of amidine groups is 1. The largest absolute Gasteiger partial charge is 0.468 e. The fourth-order valence-corrected chi connectivity index (χ4v) is 0.144. The molecule has 0 aliphatic rings. The summed E-state index contributed by atoms with van der Waals surface area (Å²) < 4.78 is 4.40. The third-order valence-electron chi connectivity index (χ3n) is 0.514. The van der Waals surface area contributed by atoms with Gasteiger partial charge in [-0.15, -0.1) is 0 Å². The molecule has 7 heavy (non-hydrogen) atoms. The van der Waals surface area contributed by atoms with Crippen LogP contribution < -0.4 is 5.84 Å². The maximum absolute atomic E-state index is 6.77. The van der Waals surface area contributed by atoms with Gasteiger partial charge in [-0.1, -0.05) is 0 Å². The first-order chi connectivity index (χ1) is 3.18. The fourth-order valence-electron chi connectivity index (χ4n) is 0.144. The van der Waals surface area contributed by atoms with Crippen molar-refractivity contribution in [3.05, 3.63) is 0 Å². The molecule has 0 amide bonds. The van der Waals surface area contributed by atoms with Gasteiger partial charge in [0.25, 0.3) is 6.02 Å². The molecule has 0 heterocycles. The van der Waals surface area contributed by atoms with Crippen LogP contribution in [0.25, 0.3) is 0 Å². The third kappa shape index (κ3) is 1.99. The van der Waals surface area contributed by atoms with E-state index < -0.39 is 0 Å². The summed E-state index contributed by atoms with van der Waals surface area (Å²) in [7, 11) is 2.93. The summed E-state index contributed by atoms with van der Waals surface area (Å²) in [5.41, 5.74) is 0. The molecule has 0 atom stereocenters. The first kappa shape index (κ1) is 6.23. The van der Waals surface area contributed by atoms with Crippen LogP contribution >= 0.6 is 0 Å². The summed E-state index contributed by atoms with van der Waals surface area (Å²) >= 11 is 0. The van der Waals surface area contributed by atoms with Crippen molar-refractivity contribution in [2.24, 2.45) is 5.84 Å². The van der Waals surface area contributed by atoms with Crippen molar-refractivity contribution in [1.29, 1.82) is 5.41 Å². The molecule has 4 nitrogen and oxygen atoms in total. The lowest BCUT2D eigenvalue weighted by Gasteiger charge is -2.08. The van der Waals surface area contributed by atoms with Crippen molar-refractivity contribution in [2.75, 3.05) is 14.2 Å². The first-order valence-corrected chi connectivity index (χ1v) is 1.79. The van der Waals surface area contributed by atoms with Gasteiger partial charge >= 0.3 is 0 Å². The summed E-state index contributed by atoms with van der Waals surface area (Å²) in [6.07, 6.45) is 0. The number of hydrazine groups is 1. The lowest BCUT2D eigenvalue weighted by molar-refractivity contribution is 0.308. The Morgan fingerprint density at radius 2 is 2.29 bits per heavy atom. The second-order valence-corrected chi connectivity index (χ2v) is 1.12. The second kappa shape index (κ2) is 2.41. The Hall–Kier alpha value is -0.770. The normalized spacial score (nSPS) is 7.86. The van der Waals surface area contributed by atoms with E-state index in [9.17, 15) is 0 Å². The molecule has 4 heteroatoms. The lowest BCUT2D eigenvalue weighted by Crippen LogP contribution is -2.33. The molecule has 0 saturated heterocycles. The van der Waals surface area contributed by atoms with Gasteiger partial charge in [0.2, 0.25) is 0 Å². The van der Waals surface area contributed by atoms with Crippen LogP contribution in [-0.2, 0) is 4.74 Å². The zero-order valence-electron chi connectivity index (χ0n) is 4.43. The molecule has 0 fully saturated rings. The van der Waals surface area contributed by atoms with E-state index in [-0.39, 0.29) is 6.02 Å². The molecule has 0 unspecified atom stereocenters. The van der Waals surface area contributed by atoms with Crippen molar-refractivity contribution >= 4 is 6.02 Å². The van der Waals surface area contributed by atoms with Crippen LogP contribution in [0.4, 0.5) is 0 Å². The summed E-state index contributed by atoms with van der Waals surface area (Å²) in [4.78, 5) is 0. The minimum atomic E-state index is -0.0417. The summed E-state index contributed by atoms with van der Waals surface area (Å²) in [5, 5.41) is 7.85. The highest BCUT2D eigenvalue weighted by Gasteiger charge is 1.92. The van der Waals surface area contributed by atoms with Gasteiger partial charge in [-0.05, 0) is 0 Å². The Morgan fingerprint density at radius 1 is 1.86 bits per heavy atom. The molecule has 0 bridgehead atoms. The Labute approximate surface area is 42.3 Å². The van der Waals surface area contributed by atoms with Crippen molar-refractivity contribution in [3.63, 3.8) is 0 Å². The first-order valence-electron chi connectivity index (χ1n) is 1.79. The number of rotatable bonds is 0. The molecular formula is C3H9N3O. The van der Waals surface area contributed by atoms with Gasteiger partial charge < -0.3 is 4.74 Å². The number of hydrogen-bond acceptors (Lipinski definition) is 3. The van der Waals surface area contributed by atoms with Gasteiger partial charge in [-0.2, -0.15) is 0 Å². The standard InChI is InChI=1S/C3H9N3O/c1-6(5)3(4)7-2/h4H,5H2,1-2H3. The molecular weight excluding hydrogens is 94.1 g/mol. The van der Waals surface area contributed by atoms with Gasteiger partial charge in [-0.25, -0.2) is 5.84 Å². The number of ether oxygens (including phenoxy) is 1. The van der Waals surface area contributed by atoms with Crippen molar-refractivity contribution in [2.45, 2.75) is 0 Å². The molecule has 0 aromatic carbocycles. The van der Waals surface area contributed by atoms with E-state index in [1.54, 1.807) is 0 Å². The van der Waals surface area contributed by atoms with Gasteiger partial charge in [-0.3, -0.25) is 10.4 Å². The van der Waals surface area contributed by atoms with Crippen LogP contribution in [0.3, 0.4) is 0 Å². The van der Waals surface area contributed by atoms with E-state index in [2.05, 4.69) is 4.74 Å². The van der Waals surface area contributed by atoms with E-state index in [4.69, 9.17) is 11.3 Å². The van der Waals surface area contributed by atoms with E-state index in [0.717, 1.165) is 5.01 Å². The van der Waals surface area contributed by atoms with E-state index in [0.29, 0.717) is 0 Å². The number of methoxy groups -OCH3 is 1. The minimum Gasteiger partial charge on any atom is -0.468 e. The predicted molar refractivity (Wildman–Crippen MR) is 26.7 cm³/mol. The third-order valence-corrected chi connectivity index (χ3v) is 0.514. The summed E-state index contributed by atoms with van der Waals surface area (Å²) in [6.45, 7) is 0. The van der Waals surface area contributed by atoms with Crippen molar-refractivity contribution in [1.82, 2.24) is 5.01 Å². The van der Waals surface area contributed by atoms with E-state index in [1.165, 1.54) is 14.2 Å². The zero-order chi connectivity index (χ0) is 5.86. The number of nitrogens with two attached hydrogens (primary N) is 1. The fraction of sp³-hybridized carbons (Fsp3) is 0.667. The van der Waals surface area contributed by atoms with Crippen molar-refractivity contribution < 1.29 is 4.74 Å². The highest BCUT2D eigenvalue weighted by Crippen LogP contribution is 1.71. The average Bonchev–Trinajstić information content (AvgIpc) is 1.65. The van der Waals surface area contributed by atoms with E-state index >= 15 is 0 Å². The van der Waals surface area contributed by atoms with Crippen LogP contribution in [0.2, 0.25) is 0 Å². The van der Waals surface area contributed by atoms with Crippen LogP contribution in [0.5, 0.6) is 0 Å². The van der Waals surface area contributed by atoms with Gasteiger partial charge in [0.15, 0.2) is 0 Å². The monoisotopic (exact) mass is 103 g/mol. The lowest BCUT2D eigenvalue weighted by atomic mass is 11.0. The zero-order valence-corrected chi connectivity index (χ0v) is 4.43. The smallest absolute Gasteiger partial charge is 0.298 e. The molecule has 0 aromatic rings. The Morgan fingerprint density at radius 3 is 2.29 bits per heavy atom. The van der Waals surface area contributed by atoms with Crippen LogP contribution in [0.15, 0.2) is 0 Å². The molecule has 0 radical (unpaired) electrons. The summed E-state index contributed by atoms with van der Waals surface area (Å²) in [5.74, 6) is 5.03. The quantitative estimate of drug-likeness (QED) is 0.186. The molecule has 0 aromatic heterocycles. The number of hydrogen-bond donors (Lipinski definition) is 2. The van der Waals surface area contributed by atoms with Crippen molar-refractivity contribution in [3.8, 4) is 0 Å². The number of nitrogens with zero attached hydrogens (tertiary/aromatic N) is 1. The average molecular weight is 103 g/mol. The van der Waals surface area contributed by atoms with Crippen LogP contribution in [0.1, 0.15) is 0 Å². The maximum atomic E-state index is 6.77.